The van der Waals surface area contributed by atoms with Crippen molar-refractivity contribution in [2.75, 3.05) is 58.9 Å². The fourth-order valence-electron chi connectivity index (χ4n) is 4.34. The number of hydrogen-bond donors (Lipinski definition) is 0. The van der Waals surface area contributed by atoms with Gasteiger partial charge in [-0.2, -0.15) is 0 Å². The van der Waals surface area contributed by atoms with Crippen LogP contribution in [0.3, 0.4) is 0 Å². The summed E-state index contributed by atoms with van der Waals surface area (Å²) >= 11 is 0.932. The van der Waals surface area contributed by atoms with Crippen molar-refractivity contribution in [1.82, 2.24) is 14.7 Å². The van der Waals surface area contributed by atoms with Crippen LogP contribution in [0.4, 0.5) is 0 Å². The molecular weight excluding hydrogens is 391 g/mol. The zero-order chi connectivity index (χ0) is 20.5. The number of rotatable bonds is 19. The van der Waals surface area contributed by atoms with Gasteiger partial charge in [-0.25, -0.2) is 0 Å². The third-order valence-electron chi connectivity index (χ3n) is 6.70. The van der Waals surface area contributed by atoms with Crippen molar-refractivity contribution in [2.24, 2.45) is 0 Å². The third kappa shape index (κ3) is 13.3. The van der Waals surface area contributed by atoms with Crippen LogP contribution >= 0.6 is 0 Å². The van der Waals surface area contributed by atoms with Gasteiger partial charge in [0.1, 0.15) is 0 Å². The monoisotopic (exact) mass is 445 g/mol. The van der Waals surface area contributed by atoms with E-state index in [1.54, 1.807) is 0 Å². The molecule has 0 fully saturated rings. The Kier molecular flexibility index (Phi) is 17.6. The first-order chi connectivity index (χ1) is 13.0. The van der Waals surface area contributed by atoms with Gasteiger partial charge in [0.05, 0.1) is 0 Å². The van der Waals surface area contributed by atoms with E-state index >= 15 is 0 Å². The molecule has 0 N–H and O–H groups in total. The van der Waals surface area contributed by atoms with Gasteiger partial charge in [-0.3, -0.25) is 0 Å². The van der Waals surface area contributed by atoms with Crippen LogP contribution in [0.15, 0.2) is 0 Å². The summed E-state index contributed by atoms with van der Waals surface area (Å²) in [7, 11) is 0. The first kappa shape index (κ1) is 27.4. The molecule has 3 nitrogen and oxygen atoms in total. The van der Waals surface area contributed by atoms with E-state index in [1.165, 1.54) is 104 Å². The van der Waals surface area contributed by atoms with Crippen LogP contribution in [0.25, 0.3) is 0 Å². The minimum atomic E-state index is 0.719. The Labute approximate surface area is 180 Å². The molecule has 0 heterocycles. The molecule has 27 heavy (non-hydrogen) atoms. The van der Waals surface area contributed by atoms with Gasteiger partial charge < -0.3 is 0 Å². The molecule has 164 valence electrons. The molecule has 0 amide bonds. The molecule has 0 unspecified atom stereocenters. The molecule has 0 atom stereocenters. The zero-order valence-corrected chi connectivity index (χ0v) is 24.4. The summed E-state index contributed by atoms with van der Waals surface area (Å²) in [4.78, 5) is 7.78. The predicted octanol–water partition coefficient (Wildman–Crippen LogP) is 4.27. The first-order valence-electron chi connectivity index (χ1n) is 12.1. The summed E-state index contributed by atoms with van der Waals surface area (Å²) in [5.74, 6) is 0. The van der Waals surface area contributed by atoms with E-state index in [4.69, 9.17) is 0 Å². The van der Waals surface area contributed by atoms with Gasteiger partial charge in [0.25, 0.3) is 0 Å². The van der Waals surface area contributed by atoms with E-state index in [0.717, 1.165) is 20.8 Å². The Morgan fingerprint density at radius 3 is 1.11 bits per heavy atom. The minimum absolute atomic E-state index is 0.719. The molecule has 0 aliphatic carbocycles. The molecule has 0 aliphatic heterocycles. The fourth-order valence-corrected chi connectivity index (χ4v) is 6.57. The average molecular weight is 444 g/mol. The Morgan fingerprint density at radius 2 is 0.778 bits per heavy atom. The van der Waals surface area contributed by atoms with Crippen molar-refractivity contribution >= 4 is 16.5 Å². The molecule has 0 bridgehead atoms. The second-order valence-electron chi connectivity index (χ2n) is 8.56. The van der Waals surface area contributed by atoms with E-state index in [9.17, 15) is 0 Å². The van der Waals surface area contributed by atoms with E-state index in [2.05, 4.69) is 56.2 Å². The predicted molar refractivity (Wildman–Crippen MR) is 128 cm³/mol. The Bertz CT molecular complexity index is 295. The van der Waals surface area contributed by atoms with Gasteiger partial charge in [-0.05, 0) is 0 Å². The maximum absolute atomic E-state index is 2.60. The van der Waals surface area contributed by atoms with Crippen molar-refractivity contribution < 1.29 is 0 Å². The van der Waals surface area contributed by atoms with E-state index < -0.39 is 0 Å². The van der Waals surface area contributed by atoms with Gasteiger partial charge in [-0.1, -0.05) is 0 Å². The van der Waals surface area contributed by atoms with E-state index in [1.807, 2.05) is 0 Å². The zero-order valence-electron chi connectivity index (χ0n) is 20.2. The first-order valence-corrected chi connectivity index (χ1v) is 14.2. The maximum atomic E-state index is 2.60. The molecule has 0 spiro atoms. The molecule has 0 aliphatic rings. The van der Waals surface area contributed by atoms with Crippen LogP contribution in [0, 0.1) is 0 Å². The van der Waals surface area contributed by atoms with Crippen molar-refractivity contribution in [3.05, 3.63) is 0 Å². The molecule has 0 aromatic rings. The van der Waals surface area contributed by atoms with Gasteiger partial charge in [0.2, 0.25) is 0 Å². The normalized spacial score (nSPS) is 12.8. The summed E-state index contributed by atoms with van der Waals surface area (Å²) in [6.45, 7) is 25.0. The molecule has 0 saturated carbocycles. The van der Waals surface area contributed by atoms with Crippen LogP contribution in [0.1, 0.15) is 86.5 Å². The molecule has 0 aromatic heterocycles. The molecule has 0 radical (unpaired) electrons. The van der Waals surface area contributed by atoms with Crippen molar-refractivity contribution in [2.45, 2.75) is 90.7 Å². The third-order valence-corrected chi connectivity index (χ3v) is 9.84. The van der Waals surface area contributed by atoms with Gasteiger partial charge in [0, 0.05) is 0 Å². The van der Waals surface area contributed by atoms with Crippen LogP contribution in [-0.4, -0.2) is 90.1 Å². The van der Waals surface area contributed by atoms with Crippen molar-refractivity contribution in [1.29, 1.82) is 0 Å². The Morgan fingerprint density at radius 1 is 0.481 bits per heavy atom. The summed E-state index contributed by atoms with van der Waals surface area (Å²) in [6, 6.07) is 0. The SMILES string of the molecule is CCN(CC)CCCC[C]([GeH3])(CCCN(CC)CC)CCCN(CC)CC. The van der Waals surface area contributed by atoms with Crippen LogP contribution in [0.5, 0.6) is 0 Å². The molecule has 0 aromatic carbocycles. The molecule has 4 heteroatoms. The van der Waals surface area contributed by atoms with Crippen molar-refractivity contribution in [3.63, 3.8) is 0 Å². The van der Waals surface area contributed by atoms with Gasteiger partial charge in [0.15, 0.2) is 0 Å². The number of hydrogen-bond acceptors (Lipinski definition) is 3. The Hall–Kier alpha value is 0.423. The quantitative estimate of drug-likeness (QED) is 0.218. The average Bonchev–Trinajstić information content (AvgIpc) is 2.69. The van der Waals surface area contributed by atoms with Crippen molar-refractivity contribution in [3.8, 4) is 0 Å². The fraction of sp³-hybridized carbons (Fsp3) is 1.00. The summed E-state index contributed by atoms with van der Waals surface area (Å²) in [6.07, 6.45) is 10.1. The summed E-state index contributed by atoms with van der Waals surface area (Å²) < 4.78 is 0.719. The molecule has 0 saturated heterocycles. The molecule has 0 rings (SSSR count). The topological polar surface area (TPSA) is 9.72 Å². The van der Waals surface area contributed by atoms with Gasteiger partial charge in [-0.15, -0.1) is 0 Å². The van der Waals surface area contributed by atoms with Gasteiger partial charge >= 0.3 is 181 Å². The number of nitrogens with zero attached hydrogens (tertiary/aromatic N) is 3. The van der Waals surface area contributed by atoms with Crippen LogP contribution < -0.4 is 0 Å². The molecular formula is C23H53GeN3. The second kappa shape index (κ2) is 17.3. The summed E-state index contributed by atoms with van der Waals surface area (Å²) in [5, 5.41) is 0. The number of unbranched alkanes of at least 4 members (excludes halogenated alkanes) is 1. The summed E-state index contributed by atoms with van der Waals surface area (Å²) in [5.41, 5.74) is 0. The second-order valence-corrected chi connectivity index (χ2v) is 13.0. The van der Waals surface area contributed by atoms with Crippen LogP contribution in [0.2, 0.25) is 4.25 Å². The Balaban J connectivity index is 4.48. The van der Waals surface area contributed by atoms with E-state index in [-0.39, 0.29) is 0 Å². The standard InChI is InChI=1S/C23H53GeN3/c1-7-25(8-2)20-14-13-17-23(24,18-15-21-26(9-3)10-4)19-16-22-27(11-5)12-6/h7-22H2,1-6,24H3. The van der Waals surface area contributed by atoms with E-state index in [0.29, 0.717) is 0 Å². The van der Waals surface area contributed by atoms with Crippen LogP contribution in [-0.2, 0) is 0 Å².